The minimum atomic E-state index is -1.67. The van der Waals surface area contributed by atoms with Crippen LogP contribution in [0, 0.1) is 0 Å². The highest BCUT2D eigenvalue weighted by Gasteiger charge is 2.36. The number of nitrogens with zero attached hydrogens (tertiary/aromatic N) is 2. The van der Waals surface area contributed by atoms with E-state index in [1.54, 1.807) is 12.3 Å². The van der Waals surface area contributed by atoms with Gasteiger partial charge in [-0.15, -0.1) is 4.31 Å². The van der Waals surface area contributed by atoms with E-state index in [0.717, 1.165) is 5.56 Å². The van der Waals surface area contributed by atoms with Crippen LogP contribution in [0.2, 0.25) is 0 Å². The predicted molar refractivity (Wildman–Crippen MR) is 89.3 cm³/mol. The van der Waals surface area contributed by atoms with Gasteiger partial charge in [-0.3, -0.25) is 0 Å². The second-order valence-electron chi connectivity index (χ2n) is 6.01. The van der Waals surface area contributed by atoms with Crippen molar-refractivity contribution in [2.24, 2.45) is 0 Å². The summed E-state index contributed by atoms with van der Waals surface area (Å²) in [6.45, 7) is 10.2. The monoisotopic (exact) mass is 328 g/mol. The van der Waals surface area contributed by atoms with Crippen LogP contribution in [0.3, 0.4) is 0 Å². The molecule has 1 aromatic heterocycles. The third-order valence-electron chi connectivity index (χ3n) is 3.33. The van der Waals surface area contributed by atoms with Gasteiger partial charge >= 0.3 is 7.12 Å². The maximum Gasteiger partial charge on any atom is 0.494 e. The molecule has 22 heavy (non-hydrogen) atoms. The summed E-state index contributed by atoms with van der Waals surface area (Å²) < 4.78 is 19.2. The van der Waals surface area contributed by atoms with Gasteiger partial charge in [0.05, 0.1) is 13.2 Å². The SMILES string of the molecule is CCN([C@H](C)c1cnc(OC)c(B(O)O)c1)[S+]([O-])C(C)(C)C. The first-order valence-corrected chi connectivity index (χ1v) is 8.32. The molecule has 2 atom stereocenters. The van der Waals surface area contributed by atoms with Gasteiger partial charge < -0.3 is 19.3 Å². The zero-order valence-corrected chi connectivity index (χ0v) is 14.8. The molecule has 1 heterocycles. The van der Waals surface area contributed by atoms with Crippen LogP contribution in [0.25, 0.3) is 0 Å². The molecule has 0 saturated heterocycles. The van der Waals surface area contributed by atoms with E-state index in [0.29, 0.717) is 6.54 Å². The van der Waals surface area contributed by atoms with Crippen molar-refractivity contribution in [3.05, 3.63) is 17.8 Å². The van der Waals surface area contributed by atoms with E-state index in [9.17, 15) is 14.6 Å². The lowest BCUT2D eigenvalue weighted by Crippen LogP contribution is -2.44. The van der Waals surface area contributed by atoms with Crippen LogP contribution in [0.15, 0.2) is 12.3 Å². The predicted octanol–water partition coefficient (Wildman–Crippen LogP) is 0.615. The third-order valence-corrected chi connectivity index (χ3v) is 5.38. The van der Waals surface area contributed by atoms with Crippen molar-refractivity contribution in [3.8, 4) is 5.88 Å². The minimum absolute atomic E-state index is 0.172. The molecule has 2 N–H and O–H groups in total. The maximum atomic E-state index is 12.6. The fourth-order valence-electron chi connectivity index (χ4n) is 2.12. The summed E-state index contributed by atoms with van der Waals surface area (Å²) in [4.78, 5) is 4.11. The van der Waals surface area contributed by atoms with Gasteiger partial charge in [0.15, 0.2) is 0 Å². The fourth-order valence-corrected chi connectivity index (χ4v) is 3.47. The normalized spacial score (nSPS) is 14.8. The van der Waals surface area contributed by atoms with Gasteiger partial charge in [-0.1, -0.05) is 6.07 Å². The van der Waals surface area contributed by atoms with Crippen LogP contribution in [0.4, 0.5) is 0 Å². The van der Waals surface area contributed by atoms with Crippen LogP contribution in [-0.2, 0) is 11.4 Å². The van der Waals surface area contributed by atoms with Gasteiger partial charge in [0.1, 0.15) is 4.75 Å². The number of hydrogen-bond donors (Lipinski definition) is 2. The second-order valence-corrected chi connectivity index (χ2v) is 8.20. The molecule has 0 spiro atoms. The molecule has 124 valence electrons. The molecule has 0 aliphatic carbocycles. The average Bonchev–Trinajstić information content (AvgIpc) is 2.45. The van der Waals surface area contributed by atoms with Crippen molar-refractivity contribution in [2.45, 2.75) is 45.4 Å². The minimum Gasteiger partial charge on any atom is -0.597 e. The fraction of sp³-hybridized carbons (Fsp3) is 0.643. The maximum absolute atomic E-state index is 12.6. The van der Waals surface area contributed by atoms with Crippen LogP contribution >= 0.6 is 0 Å². The Morgan fingerprint density at radius 3 is 2.45 bits per heavy atom. The van der Waals surface area contributed by atoms with Crippen molar-refractivity contribution < 1.29 is 19.3 Å². The van der Waals surface area contributed by atoms with E-state index < -0.39 is 18.5 Å². The molecule has 1 unspecified atom stereocenters. The summed E-state index contributed by atoms with van der Waals surface area (Å²) in [6.07, 6.45) is 1.61. The molecule has 8 heteroatoms. The van der Waals surface area contributed by atoms with E-state index in [1.165, 1.54) is 7.11 Å². The summed E-state index contributed by atoms with van der Waals surface area (Å²) in [6, 6.07) is 1.45. The topological polar surface area (TPSA) is 88.9 Å². The Kier molecular flexibility index (Phi) is 6.70. The van der Waals surface area contributed by atoms with Crippen molar-refractivity contribution in [2.75, 3.05) is 13.7 Å². The molecule has 0 amide bonds. The zero-order valence-electron chi connectivity index (χ0n) is 14.0. The summed E-state index contributed by atoms with van der Waals surface area (Å²) >= 11 is -1.18. The lowest BCUT2D eigenvalue weighted by Gasteiger charge is -2.35. The van der Waals surface area contributed by atoms with E-state index in [-0.39, 0.29) is 22.1 Å². The van der Waals surface area contributed by atoms with Crippen LogP contribution in [0.1, 0.15) is 46.2 Å². The van der Waals surface area contributed by atoms with Gasteiger partial charge in [-0.2, -0.15) is 0 Å². The Labute approximate surface area is 136 Å². The van der Waals surface area contributed by atoms with E-state index in [1.807, 2.05) is 38.9 Å². The van der Waals surface area contributed by atoms with E-state index >= 15 is 0 Å². The van der Waals surface area contributed by atoms with Crippen LogP contribution in [-0.4, -0.2) is 49.4 Å². The number of pyridine rings is 1. The van der Waals surface area contributed by atoms with Crippen molar-refractivity contribution in [1.29, 1.82) is 0 Å². The Hall–Kier alpha value is -0.795. The van der Waals surface area contributed by atoms with Gasteiger partial charge in [-0.05, 0) is 40.2 Å². The first-order valence-electron chi connectivity index (χ1n) is 7.22. The number of aromatic nitrogens is 1. The highest BCUT2D eigenvalue weighted by Crippen LogP contribution is 2.29. The van der Waals surface area contributed by atoms with Crippen molar-refractivity contribution in [1.82, 2.24) is 9.29 Å². The average molecular weight is 328 g/mol. The Morgan fingerprint density at radius 1 is 1.45 bits per heavy atom. The molecule has 6 nitrogen and oxygen atoms in total. The quantitative estimate of drug-likeness (QED) is 0.588. The number of methoxy groups -OCH3 is 1. The first kappa shape index (κ1) is 19.3. The molecule has 0 radical (unpaired) electrons. The smallest absolute Gasteiger partial charge is 0.494 e. The molecule has 0 fully saturated rings. The zero-order chi connectivity index (χ0) is 17.1. The first-order chi connectivity index (χ1) is 10.1. The molecule has 0 saturated carbocycles. The molecular formula is C14H25BN2O4S. The van der Waals surface area contributed by atoms with E-state index in [2.05, 4.69) is 4.98 Å². The molecule has 1 rings (SSSR count). The largest absolute Gasteiger partial charge is 0.597 e. The third kappa shape index (κ3) is 4.36. The standard InChI is InChI=1S/C14H25BN2O4S/c1-7-17(22(20)14(3,4)5)10(2)11-8-12(15(18)19)13(21-6)16-9-11/h8-10,18-19H,7H2,1-6H3/t10-,22?/m1/s1. The van der Waals surface area contributed by atoms with Crippen molar-refractivity contribution in [3.63, 3.8) is 0 Å². The van der Waals surface area contributed by atoms with Gasteiger partial charge in [-0.25, -0.2) is 4.98 Å². The highest BCUT2D eigenvalue weighted by atomic mass is 32.2. The summed E-state index contributed by atoms with van der Waals surface area (Å²) in [5.74, 6) is 0.172. The summed E-state index contributed by atoms with van der Waals surface area (Å²) in [7, 11) is -0.248. The number of ether oxygens (including phenoxy) is 1. The van der Waals surface area contributed by atoms with Crippen LogP contribution in [0.5, 0.6) is 5.88 Å². The molecule has 0 aromatic carbocycles. The lowest BCUT2D eigenvalue weighted by atomic mass is 9.80. The van der Waals surface area contributed by atoms with Gasteiger partial charge in [0.2, 0.25) is 5.88 Å². The Morgan fingerprint density at radius 2 is 2.05 bits per heavy atom. The van der Waals surface area contributed by atoms with Gasteiger partial charge in [0.25, 0.3) is 0 Å². The van der Waals surface area contributed by atoms with Gasteiger partial charge in [0, 0.05) is 29.6 Å². The lowest BCUT2D eigenvalue weighted by molar-refractivity contribution is 0.343. The second kappa shape index (κ2) is 7.65. The van der Waals surface area contributed by atoms with Crippen LogP contribution < -0.4 is 10.2 Å². The molecular weight excluding hydrogens is 303 g/mol. The molecule has 0 aliphatic rings. The molecule has 0 aliphatic heterocycles. The molecule has 0 bridgehead atoms. The van der Waals surface area contributed by atoms with E-state index in [4.69, 9.17) is 4.74 Å². The number of hydrogen-bond acceptors (Lipinski definition) is 6. The Balaban J connectivity index is 3.15. The summed E-state index contributed by atoms with van der Waals surface area (Å²) in [5, 5.41) is 18.9. The highest BCUT2D eigenvalue weighted by molar-refractivity contribution is 7.90. The number of rotatable bonds is 6. The van der Waals surface area contributed by atoms with Crippen molar-refractivity contribution >= 4 is 23.9 Å². The molecule has 1 aromatic rings. The Bertz CT molecular complexity index is 496. The summed E-state index contributed by atoms with van der Waals surface area (Å²) in [5.41, 5.74) is 0.952.